The maximum absolute atomic E-state index is 13.4. The molecule has 0 unspecified atom stereocenters. The molecule has 0 radical (unpaired) electrons. The van der Waals surface area contributed by atoms with Crippen LogP contribution in [0.25, 0.3) is 0 Å². The molecule has 0 aliphatic carbocycles. The molecule has 1 saturated heterocycles. The lowest BCUT2D eigenvalue weighted by atomic mass is 10.1. The molecule has 37 heavy (non-hydrogen) atoms. The van der Waals surface area contributed by atoms with Crippen molar-refractivity contribution in [3.05, 3.63) is 94.4 Å². The van der Waals surface area contributed by atoms with Gasteiger partial charge in [-0.2, -0.15) is 0 Å². The average Bonchev–Trinajstić information content (AvgIpc) is 3.47. The number of sulfone groups is 1. The topological polar surface area (TPSA) is 160 Å². The van der Waals surface area contributed by atoms with Gasteiger partial charge < -0.3 is 19.5 Å². The van der Waals surface area contributed by atoms with Crippen LogP contribution in [0.1, 0.15) is 20.9 Å². The number of hydrogen-bond donors (Lipinski definition) is 1. The van der Waals surface area contributed by atoms with E-state index in [4.69, 9.17) is 4.42 Å². The third-order valence-corrected chi connectivity index (χ3v) is 7.69. The first-order valence-electron chi connectivity index (χ1n) is 11.1. The fourth-order valence-electron chi connectivity index (χ4n) is 3.82. The molecule has 1 N–H and O–H groups in total. The highest BCUT2D eigenvalue weighted by Gasteiger charge is 2.40. The number of amides is 3. The predicted molar refractivity (Wildman–Crippen MR) is 129 cm³/mol. The first-order valence-corrected chi connectivity index (χ1v) is 12.7. The number of nitrogens with zero attached hydrogens (tertiary/aromatic N) is 3. The Bertz CT molecular complexity index is 1400. The zero-order valence-electron chi connectivity index (χ0n) is 19.3. The van der Waals surface area contributed by atoms with Crippen LogP contribution in [-0.4, -0.2) is 72.4 Å². The number of furan rings is 1. The molecule has 2 aromatic carbocycles. The van der Waals surface area contributed by atoms with Crippen LogP contribution in [0.2, 0.25) is 0 Å². The number of nitro benzene ring substituents is 1. The van der Waals surface area contributed by atoms with Crippen LogP contribution in [0.4, 0.5) is 5.69 Å². The van der Waals surface area contributed by atoms with Crippen molar-refractivity contribution in [1.29, 1.82) is 0 Å². The van der Waals surface area contributed by atoms with Gasteiger partial charge in [0.2, 0.25) is 15.2 Å². The van der Waals surface area contributed by atoms with Gasteiger partial charge in [0.25, 0.3) is 23.4 Å². The molecule has 1 aliphatic heterocycles. The van der Waals surface area contributed by atoms with E-state index in [0.717, 1.165) is 0 Å². The van der Waals surface area contributed by atoms with Gasteiger partial charge >= 0.3 is 0 Å². The summed E-state index contributed by atoms with van der Waals surface area (Å²) in [6, 6.07) is 15.3. The summed E-state index contributed by atoms with van der Waals surface area (Å²) < 4.78 is 31.7. The molecule has 1 aromatic heterocycles. The third-order valence-electron chi connectivity index (χ3n) is 5.82. The van der Waals surface area contributed by atoms with Crippen LogP contribution in [0.5, 0.6) is 0 Å². The summed E-state index contributed by atoms with van der Waals surface area (Å²) >= 11 is 0. The second-order valence-electron chi connectivity index (χ2n) is 8.11. The molecule has 0 saturated carbocycles. The molecule has 0 bridgehead atoms. The molecule has 1 atom stereocenters. The molecule has 3 amide bonds. The quantitative estimate of drug-likeness (QED) is 0.360. The number of piperazine rings is 1. The van der Waals surface area contributed by atoms with E-state index in [1.165, 1.54) is 76.7 Å². The largest absolute Gasteiger partial charge is 0.459 e. The third kappa shape index (κ3) is 5.51. The summed E-state index contributed by atoms with van der Waals surface area (Å²) in [7, 11) is -4.32. The van der Waals surface area contributed by atoms with Crippen molar-refractivity contribution in [2.75, 3.05) is 26.2 Å². The monoisotopic (exact) mass is 526 g/mol. The van der Waals surface area contributed by atoms with Crippen LogP contribution in [0.3, 0.4) is 0 Å². The van der Waals surface area contributed by atoms with Crippen molar-refractivity contribution < 1.29 is 32.1 Å². The first-order chi connectivity index (χ1) is 17.7. The van der Waals surface area contributed by atoms with E-state index in [2.05, 4.69) is 5.32 Å². The summed E-state index contributed by atoms with van der Waals surface area (Å²) in [6.45, 7) is 0.252. The lowest BCUT2D eigenvalue weighted by molar-refractivity contribution is -0.384. The van der Waals surface area contributed by atoms with E-state index < -0.39 is 31.9 Å². The molecule has 0 spiro atoms. The molecule has 13 heteroatoms. The molecule has 192 valence electrons. The molecular weight excluding hydrogens is 504 g/mol. The second-order valence-corrected chi connectivity index (χ2v) is 10.1. The van der Waals surface area contributed by atoms with Gasteiger partial charge in [-0.1, -0.05) is 18.2 Å². The Balaban J connectivity index is 1.50. The smallest absolute Gasteiger partial charge is 0.288 e. The summed E-state index contributed by atoms with van der Waals surface area (Å²) in [6.07, 6.45) is 1.25. The van der Waals surface area contributed by atoms with Crippen LogP contribution < -0.4 is 5.32 Å². The van der Waals surface area contributed by atoms with Gasteiger partial charge in [-0.05, 0) is 36.4 Å². The zero-order chi connectivity index (χ0) is 26.6. The highest BCUT2D eigenvalue weighted by molar-refractivity contribution is 7.92. The molecule has 4 rings (SSSR count). The highest BCUT2D eigenvalue weighted by atomic mass is 32.2. The number of non-ortho nitro benzene ring substituents is 1. The maximum atomic E-state index is 13.4. The van der Waals surface area contributed by atoms with E-state index in [1.54, 1.807) is 6.07 Å². The van der Waals surface area contributed by atoms with E-state index >= 15 is 0 Å². The Morgan fingerprint density at radius 1 is 0.892 bits per heavy atom. The second kappa shape index (κ2) is 10.6. The van der Waals surface area contributed by atoms with Gasteiger partial charge in [0.05, 0.1) is 16.1 Å². The lowest BCUT2D eigenvalue weighted by Gasteiger charge is -2.36. The summed E-state index contributed by atoms with van der Waals surface area (Å²) in [5.74, 6) is -2.23. The predicted octanol–water partition coefficient (Wildman–Crippen LogP) is 1.70. The van der Waals surface area contributed by atoms with Crippen molar-refractivity contribution in [2.24, 2.45) is 0 Å². The normalized spacial score (nSPS) is 14.6. The summed E-state index contributed by atoms with van der Waals surface area (Å²) in [4.78, 5) is 51.7. The average molecular weight is 527 g/mol. The first kappa shape index (κ1) is 25.6. The van der Waals surface area contributed by atoms with Crippen molar-refractivity contribution in [3.63, 3.8) is 0 Å². The fraction of sp³-hybridized carbons (Fsp3) is 0.208. The van der Waals surface area contributed by atoms with Crippen molar-refractivity contribution >= 4 is 33.2 Å². The number of carbonyl (C=O) groups is 3. The number of nitro groups is 1. The van der Waals surface area contributed by atoms with Gasteiger partial charge in [0, 0.05) is 43.9 Å². The van der Waals surface area contributed by atoms with Crippen LogP contribution >= 0.6 is 0 Å². The molecule has 2 heterocycles. The van der Waals surface area contributed by atoms with Crippen LogP contribution in [0, 0.1) is 10.1 Å². The number of carbonyl (C=O) groups excluding carboxylic acids is 3. The van der Waals surface area contributed by atoms with E-state index in [-0.39, 0.29) is 54.0 Å². The SMILES string of the molecule is O=C(N[C@H](C(=O)N1CCN(C(=O)c2ccc([N+](=O)[O-])cc2)CC1)S(=O)(=O)c1ccccc1)c1ccco1. The van der Waals surface area contributed by atoms with Crippen LogP contribution in [0.15, 0.2) is 82.3 Å². The van der Waals surface area contributed by atoms with Crippen molar-refractivity contribution in [2.45, 2.75) is 10.3 Å². The molecule has 1 fully saturated rings. The Morgan fingerprint density at radius 2 is 1.51 bits per heavy atom. The van der Waals surface area contributed by atoms with Gasteiger partial charge in [0.1, 0.15) is 0 Å². The number of hydrogen-bond acceptors (Lipinski definition) is 8. The van der Waals surface area contributed by atoms with E-state index in [1.807, 2.05) is 0 Å². The standard InChI is InChI=1S/C24H22N4O8S/c29-21(20-7-4-16-36-20)25-22(37(34,35)19-5-2-1-3-6-19)24(31)27-14-12-26(13-15-27)23(30)17-8-10-18(11-9-17)28(32)33/h1-11,16,22H,12-15H2,(H,25,29)/t22-/m0/s1. The maximum Gasteiger partial charge on any atom is 0.288 e. The Kier molecular flexibility index (Phi) is 7.34. The minimum absolute atomic E-state index is 0.0228. The fourth-order valence-corrected chi connectivity index (χ4v) is 5.31. The minimum Gasteiger partial charge on any atom is -0.459 e. The summed E-state index contributed by atoms with van der Waals surface area (Å²) in [5, 5.41) is 11.2. The highest BCUT2D eigenvalue weighted by Crippen LogP contribution is 2.19. The zero-order valence-corrected chi connectivity index (χ0v) is 20.2. The van der Waals surface area contributed by atoms with E-state index in [9.17, 15) is 32.9 Å². The molecule has 3 aromatic rings. The Morgan fingerprint density at radius 3 is 2.08 bits per heavy atom. The van der Waals surface area contributed by atoms with Gasteiger partial charge in [0.15, 0.2) is 5.76 Å². The van der Waals surface area contributed by atoms with Gasteiger partial charge in [-0.3, -0.25) is 24.5 Å². The summed E-state index contributed by atoms with van der Waals surface area (Å²) in [5.41, 5.74) is 0.106. The van der Waals surface area contributed by atoms with E-state index in [0.29, 0.717) is 0 Å². The minimum atomic E-state index is -4.32. The van der Waals surface area contributed by atoms with Crippen molar-refractivity contribution in [3.8, 4) is 0 Å². The molecule has 1 aliphatic rings. The number of benzene rings is 2. The van der Waals surface area contributed by atoms with Crippen molar-refractivity contribution in [1.82, 2.24) is 15.1 Å². The Hall–Kier alpha value is -4.52. The molecule has 12 nitrogen and oxygen atoms in total. The van der Waals surface area contributed by atoms with Crippen LogP contribution in [-0.2, 0) is 14.6 Å². The number of rotatable bonds is 7. The number of nitrogens with one attached hydrogen (secondary N) is 1. The lowest BCUT2D eigenvalue weighted by Crippen LogP contribution is -2.57. The molecular formula is C24H22N4O8S. The van der Waals surface area contributed by atoms with Gasteiger partial charge in [-0.25, -0.2) is 8.42 Å². The Labute approximate surface area is 211 Å². The van der Waals surface area contributed by atoms with Gasteiger partial charge in [-0.15, -0.1) is 0 Å².